The Morgan fingerprint density at radius 3 is 2.21 bits per heavy atom. The maximum Gasteiger partial charge on any atom is 0.179 e. The summed E-state index contributed by atoms with van der Waals surface area (Å²) in [5, 5.41) is 0. The number of unbranched alkanes of at least 4 members (excludes halogenated alkanes) is 2. The van der Waals surface area contributed by atoms with Gasteiger partial charge in [-0.3, -0.25) is 0 Å². The van der Waals surface area contributed by atoms with Crippen LogP contribution in [0.4, 0.5) is 0 Å². The molecule has 1 atom stereocenters. The normalized spacial score (nSPS) is 14.2. The van der Waals surface area contributed by atoms with E-state index in [2.05, 4.69) is 45.9 Å². The highest BCUT2D eigenvalue weighted by Gasteiger charge is 2.15. The number of hydrogen-bond donors (Lipinski definition) is 0. The van der Waals surface area contributed by atoms with Crippen LogP contribution in [-0.4, -0.2) is 17.8 Å². The highest BCUT2D eigenvalue weighted by molar-refractivity contribution is 5.19. The minimum absolute atomic E-state index is 0.807. The standard InChI is InChI=1S/C18H36N/c1-7-10-13-18(19(6)14-11-8-2)17(5)15-16(4)12-9-3/h16H,6-15H2,1-5H3/q+1. The first-order valence-electron chi connectivity index (χ1n) is 8.33. The van der Waals surface area contributed by atoms with Crippen LogP contribution in [-0.2, 0) is 0 Å². The summed E-state index contributed by atoms with van der Waals surface area (Å²) in [6.07, 6.45) is 10.1. The summed E-state index contributed by atoms with van der Waals surface area (Å²) in [7, 11) is 0. The van der Waals surface area contributed by atoms with Crippen LogP contribution < -0.4 is 0 Å². The molecule has 0 amide bonds. The summed E-state index contributed by atoms with van der Waals surface area (Å²) >= 11 is 0. The van der Waals surface area contributed by atoms with Gasteiger partial charge in [-0.2, -0.15) is 0 Å². The van der Waals surface area contributed by atoms with Crippen LogP contribution in [0.2, 0.25) is 0 Å². The molecule has 0 aliphatic rings. The molecule has 0 aromatic rings. The van der Waals surface area contributed by atoms with E-state index in [0.29, 0.717) is 0 Å². The molecule has 0 fully saturated rings. The Hall–Kier alpha value is -0.590. The van der Waals surface area contributed by atoms with Crippen molar-refractivity contribution in [3.05, 3.63) is 11.3 Å². The lowest BCUT2D eigenvalue weighted by molar-refractivity contribution is -0.472. The summed E-state index contributed by atoms with van der Waals surface area (Å²) in [6, 6.07) is 0. The van der Waals surface area contributed by atoms with Gasteiger partial charge >= 0.3 is 0 Å². The van der Waals surface area contributed by atoms with Crippen molar-refractivity contribution < 1.29 is 4.58 Å². The van der Waals surface area contributed by atoms with Crippen LogP contribution >= 0.6 is 0 Å². The minimum atomic E-state index is 0.807. The molecule has 19 heavy (non-hydrogen) atoms. The first kappa shape index (κ1) is 18.4. The fourth-order valence-electron chi connectivity index (χ4n) is 2.70. The van der Waals surface area contributed by atoms with E-state index in [0.717, 1.165) is 12.5 Å². The predicted octanol–water partition coefficient (Wildman–Crippen LogP) is 5.79. The Morgan fingerprint density at radius 1 is 1.05 bits per heavy atom. The maximum absolute atomic E-state index is 4.28. The number of allylic oxidation sites excluding steroid dienone is 2. The van der Waals surface area contributed by atoms with E-state index in [1.165, 1.54) is 57.1 Å². The van der Waals surface area contributed by atoms with Crippen molar-refractivity contribution in [3.8, 4) is 0 Å². The molecular formula is C18H36N+. The molecule has 0 aliphatic heterocycles. The molecule has 1 unspecified atom stereocenters. The zero-order valence-electron chi connectivity index (χ0n) is 14.1. The molecule has 0 aromatic heterocycles. The predicted molar refractivity (Wildman–Crippen MR) is 88.1 cm³/mol. The van der Waals surface area contributed by atoms with Gasteiger partial charge in [-0.15, -0.1) is 0 Å². The van der Waals surface area contributed by atoms with Gasteiger partial charge in [-0.05, 0) is 31.3 Å². The first-order chi connectivity index (χ1) is 9.06. The third-order valence-corrected chi connectivity index (χ3v) is 3.86. The Morgan fingerprint density at radius 2 is 1.68 bits per heavy atom. The quantitative estimate of drug-likeness (QED) is 0.329. The summed E-state index contributed by atoms with van der Waals surface area (Å²) in [5.74, 6) is 0.807. The Kier molecular flexibility index (Phi) is 10.9. The van der Waals surface area contributed by atoms with Crippen molar-refractivity contribution in [2.45, 2.75) is 86.0 Å². The highest BCUT2D eigenvalue weighted by atomic mass is 15.0. The zero-order chi connectivity index (χ0) is 14.7. The van der Waals surface area contributed by atoms with E-state index in [1.807, 2.05) is 0 Å². The van der Waals surface area contributed by atoms with Gasteiger partial charge in [0.25, 0.3) is 0 Å². The van der Waals surface area contributed by atoms with Crippen molar-refractivity contribution in [1.82, 2.24) is 0 Å². The monoisotopic (exact) mass is 266 g/mol. The molecule has 0 bridgehead atoms. The summed E-state index contributed by atoms with van der Waals surface area (Å²) in [6.45, 7) is 16.9. The Bertz CT molecular complexity index is 275. The molecule has 0 saturated heterocycles. The van der Waals surface area contributed by atoms with Gasteiger partial charge in [-0.1, -0.05) is 53.4 Å². The Balaban J connectivity index is 4.71. The van der Waals surface area contributed by atoms with Crippen molar-refractivity contribution in [2.75, 3.05) is 6.54 Å². The molecule has 1 heteroatoms. The van der Waals surface area contributed by atoms with E-state index in [1.54, 1.807) is 5.57 Å². The average Bonchev–Trinajstić information content (AvgIpc) is 2.36. The SMILES string of the molecule is C=[N+](CCCC)C(CCCC)=C(C)CC(C)CCC. The largest absolute Gasteiger partial charge is 0.209 e. The molecular weight excluding hydrogens is 230 g/mol. The van der Waals surface area contributed by atoms with E-state index in [4.69, 9.17) is 0 Å². The molecule has 0 N–H and O–H groups in total. The van der Waals surface area contributed by atoms with Crippen LogP contribution in [0, 0.1) is 5.92 Å². The van der Waals surface area contributed by atoms with Crippen LogP contribution in [0.15, 0.2) is 11.3 Å². The topological polar surface area (TPSA) is 3.01 Å². The van der Waals surface area contributed by atoms with Gasteiger partial charge in [0.1, 0.15) is 13.3 Å². The number of rotatable bonds is 11. The molecule has 0 aliphatic carbocycles. The highest BCUT2D eigenvalue weighted by Crippen LogP contribution is 2.22. The van der Waals surface area contributed by atoms with Crippen LogP contribution in [0.25, 0.3) is 0 Å². The minimum Gasteiger partial charge on any atom is -0.209 e. The lowest BCUT2D eigenvalue weighted by Crippen LogP contribution is -2.14. The second-order valence-corrected chi connectivity index (χ2v) is 6.05. The lowest BCUT2D eigenvalue weighted by atomic mass is 9.95. The van der Waals surface area contributed by atoms with Gasteiger partial charge in [0.15, 0.2) is 5.70 Å². The maximum atomic E-state index is 4.28. The second-order valence-electron chi connectivity index (χ2n) is 6.05. The fraction of sp³-hybridized carbons (Fsp3) is 0.833. The van der Waals surface area contributed by atoms with Gasteiger partial charge in [0.2, 0.25) is 0 Å². The zero-order valence-corrected chi connectivity index (χ0v) is 14.1. The van der Waals surface area contributed by atoms with Crippen molar-refractivity contribution in [1.29, 1.82) is 0 Å². The summed E-state index contributed by atoms with van der Waals surface area (Å²) in [4.78, 5) is 0. The molecule has 0 heterocycles. The van der Waals surface area contributed by atoms with Crippen LogP contribution in [0.5, 0.6) is 0 Å². The fourth-order valence-corrected chi connectivity index (χ4v) is 2.70. The van der Waals surface area contributed by atoms with Crippen molar-refractivity contribution in [3.63, 3.8) is 0 Å². The average molecular weight is 266 g/mol. The number of nitrogens with zero attached hydrogens (tertiary/aromatic N) is 1. The molecule has 0 radical (unpaired) electrons. The first-order valence-corrected chi connectivity index (χ1v) is 8.33. The van der Waals surface area contributed by atoms with Crippen molar-refractivity contribution >= 4 is 6.72 Å². The van der Waals surface area contributed by atoms with Crippen LogP contribution in [0.3, 0.4) is 0 Å². The van der Waals surface area contributed by atoms with Crippen molar-refractivity contribution in [2.24, 2.45) is 5.92 Å². The molecule has 112 valence electrons. The Labute approximate surface area is 121 Å². The van der Waals surface area contributed by atoms with Gasteiger partial charge in [0.05, 0.1) is 0 Å². The van der Waals surface area contributed by atoms with Gasteiger partial charge < -0.3 is 0 Å². The van der Waals surface area contributed by atoms with E-state index in [9.17, 15) is 0 Å². The van der Waals surface area contributed by atoms with E-state index in [-0.39, 0.29) is 0 Å². The third-order valence-electron chi connectivity index (χ3n) is 3.86. The smallest absolute Gasteiger partial charge is 0.179 e. The molecule has 0 rings (SSSR count). The van der Waals surface area contributed by atoms with Gasteiger partial charge in [0, 0.05) is 12.8 Å². The molecule has 0 saturated carbocycles. The second kappa shape index (κ2) is 11.3. The molecule has 0 spiro atoms. The lowest BCUT2D eigenvalue weighted by Gasteiger charge is -2.13. The summed E-state index contributed by atoms with van der Waals surface area (Å²) < 4.78 is 2.27. The third kappa shape index (κ3) is 8.23. The summed E-state index contributed by atoms with van der Waals surface area (Å²) in [5.41, 5.74) is 3.08. The van der Waals surface area contributed by atoms with Crippen LogP contribution in [0.1, 0.15) is 86.0 Å². The molecule has 1 nitrogen and oxygen atoms in total. The molecule has 0 aromatic carbocycles. The van der Waals surface area contributed by atoms with Gasteiger partial charge in [-0.25, -0.2) is 4.58 Å². The number of hydrogen-bond acceptors (Lipinski definition) is 0. The van der Waals surface area contributed by atoms with E-state index < -0.39 is 0 Å². The van der Waals surface area contributed by atoms with E-state index >= 15 is 0 Å².